The van der Waals surface area contributed by atoms with Crippen LogP contribution in [0.3, 0.4) is 0 Å². The van der Waals surface area contributed by atoms with E-state index in [1.165, 1.54) is 13.0 Å². The molecule has 0 saturated heterocycles. The van der Waals surface area contributed by atoms with Gasteiger partial charge in [-0.25, -0.2) is 26.7 Å². The number of benzene rings is 2. The minimum atomic E-state index is -4.92. The van der Waals surface area contributed by atoms with Gasteiger partial charge in [0.2, 0.25) is 10.0 Å². The largest absolute Gasteiger partial charge is 0.573 e. The number of primary sulfonamides is 1. The van der Waals surface area contributed by atoms with Gasteiger partial charge in [-0.2, -0.15) is 0 Å². The van der Waals surface area contributed by atoms with Crippen molar-refractivity contribution in [2.24, 2.45) is 5.14 Å². The van der Waals surface area contributed by atoms with E-state index in [0.717, 1.165) is 12.1 Å². The lowest BCUT2D eigenvalue weighted by atomic mass is 9.96. The third-order valence-electron chi connectivity index (χ3n) is 4.14. The number of sulfonamides is 1. The van der Waals surface area contributed by atoms with Crippen LogP contribution in [0.4, 0.5) is 26.3 Å². The normalized spacial score (nSPS) is 12.3. The maximum atomic E-state index is 14.3. The SMILES string of the molecule is Cc1cc(OC(F)(F)F)ccc1-c1noc(CF)c1-c1cc(F)c(S(N)(=O)=O)c(F)c1. The van der Waals surface area contributed by atoms with E-state index in [-0.39, 0.29) is 27.9 Å². The second-order valence-electron chi connectivity index (χ2n) is 6.30. The highest BCUT2D eigenvalue weighted by Crippen LogP contribution is 2.39. The van der Waals surface area contributed by atoms with Crippen LogP contribution in [-0.2, 0) is 16.7 Å². The van der Waals surface area contributed by atoms with E-state index in [2.05, 4.69) is 9.89 Å². The van der Waals surface area contributed by atoms with Crippen LogP contribution in [0.1, 0.15) is 11.3 Å². The topological polar surface area (TPSA) is 95.4 Å². The second kappa shape index (κ2) is 7.89. The number of rotatable bonds is 5. The van der Waals surface area contributed by atoms with Crippen molar-refractivity contribution < 1.29 is 44.0 Å². The first kappa shape index (κ1) is 22.6. The van der Waals surface area contributed by atoms with Crippen LogP contribution in [0, 0.1) is 18.6 Å². The van der Waals surface area contributed by atoms with Gasteiger partial charge in [0.1, 0.15) is 23.1 Å². The zero-order chi connectivity index (χ0) is 23.1. The molecule has 6 nitrogen and oxygen atoms in total. The number of hydrogen-bond acceptors (Lipinski definition) is 5. The smallest absolute Gasteiger partial charge is 0.406 e. The Bertz CT molecular complexity index is 1230. The second-order valence-corrected chi connectivity index (χ2v) is 7.80. The van der Waals surface area contributed by atoms with E-state index in [4.69, 9.17) is 9.66 Å². The van der Waals surface area contributed by atoms with Crippen molar-refractivity contribution in [1.29, 1.82) is 0 Å². The summed E-state index contributed by atoms with van der Waals surface area (Å²) in [4.78, 5) is -1.37. The summed E-state index contributed by atoms with van der Waals surface area (Å²) in [6.45, 7) is 0.161. The predicted molar refractivity (Wildman–Crippen MR) is 94.9 cm³/mol. The van der Waals surface area contributed by atoms with E-state index in [0.29, 0.717) is 12.1 Å². The minimum Gasteiger partial charge on any atom is -0.406 e. The van der Waals surface area contributed by atoms with Crippen LogP contribution in [-0.4, -0.2) is 19.9 Å². The lowest BCUT2D eigenvalue weighted by Crippen LogP contribution is -2.17. The van der Waals surface area contributed by atoms with Gasteiger partial charge in [0.15, 0.2) is 17.3 Å². The van der Waals surface area contributed by atoms with E-state index in [1.54, 1.807) is 0 Å². The molecule has 31 heavy (non-hydrogen) atoms. The summed E-state index contributed by atoms with van der Waals surface area (Å²) in [6, 6.07) is 4.38. The van der Waals surface area contributed by atoms with Crippen molar-refractivity contribution in [1.82, 2.24) is 5.16 Å². The van der Waals surface area contributed by atoms with Gasteiger partial charge in [-0.15, -0.1) is 13.2 Å². The number of alkyl halides is 4. The van der Waals surface area contributed by atoms with Crippen LogP contribution in [0.2, 0.25) is 0 Å². The molecule has 2 aromatic carbocycles. The molecular formula is C18H12F6N2O4S. The van der Waals surface area contributed by atoms with Crippen molar-refractivity contribution in [3.8, 4) is 28.1 Å². The number of ether oxygens (including phenoxy) is 1. The molecule has 1 aromatic heterocycles. The highest BCUT2D eigenvalue weighted by Gasteiger charge is 2.31. The predicted octanol–water partition coefficient (Wildman–Crippen LogP) is 4.61. The summed E-state index contributed by atoms with van der Waals surface area (Å²) in [5, 5.41) is 8.45. The molecule has 0 aliphatic heterocycles. The van der Waals surface area contributed by atoms with Gasteiger partial charge < -0.3 is 9.26 Å². The Morgan fingerprint density at radius 1 is 1.13 bits per heavy atom. The maximum absolute atomic E-state index is 14.3. The van der Waals surface area contributed by atoms with Gasteiger partial charge >= 0.3 is 6.36 Å². The monoisotopic (exact) mass is 466 g/mol. The molecule has 0 radical (unpaired) electrons. The number of aryl methyl sites for hydroxylation is 1. The molecule has 0 fully saturated rings. The molecule has 0 aliphatic rings. The number of nitrogens with two attached hydrogens (primary N) is 1. The van der Waals surface area contributed by atoms with Gasteiger partial charge in [0, 0.05) is 5.56 Å². The van der Waals surface area contributed by atoms with E-state index < -0.39 is 51.1 Å². The molecular weight excluding hydrogens is 454 g/mol. The van der Waals surface area contributed by atoms with Gasteiger partial charge in [-0.3, -0.25) is 0 Å². The Labute approximate surface area is 171 Å². The zero-order valence-corrected chi connectivity index (χ0v) is 16.2. The lowest BCUT2D eigenvalue weighted by molar-refractivity contribution is -0.274. The van der Waals surface area contributed by atoms with Gasteiger partial charge in [-0.1, -0.05) is 5.16 Å². The molecule has 0 amide bonds. The number of halogens is 6. The molecule has 3 rings (SSSR count). The Morgan fingerprint density at radius 2 is 1.74 bits per heavy atom. The summed E-state index contributed by atoms with van der Waals surface area (Å²) in [6.07, 6.45) is -4.92. The molecule has 2 N–H and O–H groups in total. The summed E-state index contributed by atoms with van der Waals surface area (Å²) < 4.78 is 111. The summed E-state index contributed by atoms with van der Waals surface area (Å²) in [7, 11) is -4.72. The molecule has 3 aromatic rings. The number of hydrogen-bond donors (Lipinski definition) is 1. The molecule has 0 unspecified atom stereocenters. The quantitative estimate of drug-likeness (QED) is 0.554. The fourth-order valence-electron chi connectivity index (χ4n) is 2.97. The Balaban J connectivity index is 2.17. The third-order valence-corrected chi connectivity index (χ3v) is 5.10. The van der Waals surface area contributed by atoms with Crippen molar-refractivity contribution in [2.75, 3.05) is 0 Å². The first-order valence-electron chi connectivity index (χ1n) is 8.25. The van der Waals surface area contributed by atoms with E-state index >= 15 is 0 Å². The third kappa shape index (κ3) is 4.66. The van der Waals surface area contributed by atoms with E-state index in [9.17, 15) is 34.8 Å². The van der Waals surface area contributed by atoms with Crippen molar-refractivity contribution in [3.05, 3.63) is 53.3 Å². The van der Waals surface area contributed by atoms with Gasteiger partial charge in [-0.05, 0) is 48.4 Å². The van der Waals surface area contributed by atoms with Crippen LogP contribution >= 0.6 is 0 Å². The molecule has 0 saturated carbocycles. The van der Waals surface area contributed by atoms with Gasteiger partial charge in [0.05, 0.1) is 5.56 Å². The molecule has 1 heterocycles. The maximum Gasteiger partial charge on any atom is 0.573 e. The van der Waals surface area contributed by atoms with Gasteiger partial charge in [0.25, 0.3) is 0 Å². The first-order valence-corrected chi connectivity index (χ1v) is 9.80. The molecule has 0 aliphatic carbocycles. The Kier molecular flexibility index (Phi) is 5.76. The van der Waals surface area contributed by atoms with Crippen molar-refractivity contribution in [2.45, 2.75) is 24.9 Å². The fourth-order valence-corrected chi connectivity index (χ4v) is 3.63. The van der Waals surface area contributed by atoms with Crippen LogP contribution in [0.5, 0.6) is 5.75 Å². The zero-order valence-electron chi connectivity index (χ0n) is 15.4. The van der Waals surface area contributed by atoms with E-state index in [1.807, 2.05) is 0 Å². The highest BCUT2D eigenvalue weighted by atomic mass is 32.2. The summed E-state index contributed by atoms with van der Waals surface area (Å²) in [5.74, 6) is -4.02. The molecule has 166 valence electrons. The fraction of sp³-hybridized carbons (Fsp3) is 0.167. The Hall–Kier alpha value is -3.06. The van der Waals surface area contributed by atoms with Crippen molar-refractivity contribution in [3.63, 3.8) is 0 Å². The molecule has 13 heteroatoms. The molecule has 0 bridgehead atoms. The number of aromatic nitrogens is 1. The summed E-state index contributed by atoms with van der Waals surface area (Å²) >= 11 is 0. The first-order chi connectivity index (χ1) is 14.3. The lowest BCUT2D eigenvalue weighted by Gasteiger charge is -2.12. The average Bonchev–Trinajstić information content (AvgIpc) is 3.02. The van der Waals surface area contributed by atoms with Crippen LogP contribution in [0.15, 0.2) is 39.8 Å². The van der Waals surface area contributed by atoms with Crippen LogP contribution < -0.4 is 9.88 Å². The molecule has 0 atom stereocenters. The van der Waals surface area contributed by atoms with Crippen LogP contribution in [0.25, 0.3) is 22.4 Å². The molecule has 0 spiro atoms. The number of nitrogens with zero attached hydrogens (tertiary/aromatic N) is 1. The standard InChI is InChI=1S/C18H12F6N2O4S/c1-8-4-10(29-18(22,23)24)2-3-11(8)16-15(14(7-19)30-26-16)9-5-12(20)17(13(21)6-9)31(25,27)28/h2-6H,7H2,1H3,(H2,25,27,28). The highest BCUT2D eigenvalue weighted by molar-refractivity contribution is 7.89. The average molecular weight is 466 g/mol. The minimum absolute atomic E-state index is 0.133. The van der Waals surface area contributed by atoms with Crippen molar-refractivity contribution >= 4 is 10.0 Å². The summed E-state index contributed by atoms with van der Waals surface area (Å²) in [5.41, 5.74) is -0.311. The Morgan fingerprint density at radius 3 is 2.23 bits per heavy atom.